The molecule has 0 bridgehead atoms. The van der Waals surface area contributed by atoms with Crippen LogP contribution < -0.4 is 10.4 Å². The number of hydrogen-bond donors (Lipinski definition) is 0. The Morgan fingerprint density at radius 1 is 1.21 bits per heavy atom. The number of benzene rings is 1. The minimum Gasteiger partial charge on any atom is -0.490 e. The van der Waals surface area contributed by atoms with Gasteiger partial charge in [0, 0.05) is 31.6 Å². The van der Waals surface area contributed by atoms with Crippen LogP contribution in [0.1, 0.15) is 6.92 Å². The topological polar surface area (TPSA) is 80.1 Å². The Labute approximate surface area is 140 Å². The monoisotopic (exact) mass is 352 g/mol. The van der Waals surface area contributed by atoms with Crippen molar-refractivity contribution in [1.82, 2.24) is 9.21 Å². The highest BCUT2D eigenvalue weighted by Gasteiger charge is 2.31. The van der Waals surface area contributed by atoms with Gasteiger partial charge in [0.2, 0.25) is 10.0 Å². The predicted molar refractivity (Wildman–Crippen MR) is 89.9 cm³/mol. The fourth-order valence-corrected chi connectivity index (χ4v) is 4.17. The summed E-state index contributed by atoms with van der Waals surface area (Å²) in [5, 5.41) is 0.522. The number of hydrogen-bond acceptors (Lipinski definition) is 6. The average Bonchev–Trinajstić information content (AvgIpc) is 2.55. The number of piperazine rings is 1. The van der Waals surface area contributed by atoms with Crippen molar-refractivity contribution in [2.45, 2.75) is 11.8 Å². The van der Waals surface area contributed by atoms with Gasteiger partial charge in [0.1, 0.15) is 0 Å². The fourth-order valence-electron chi connectivity index (χ4n) is 2.72. The van der Waals surface area contributed by atoms with Gasteiger partial charge in [-0.15, -0.1) is 0 Å². The molecule has 0 unspecified atom stereocenters. The molecule has 1 aromatic carbocycles. The molecular weight excluding hydrogens is 332 g/mol. The maximum atomic E-state index is 12.8. The molecule has 1 aliphatic rings. The molecule has 0 atom stereocenters. The maximum Gasteiger partial charge on any atom is 0.356 e. The van der Waals surface area contributed by atoms with E-state index in [0.717, 1.165) is 0 Å². The van der Waals surface area contributed by atoms with Crippen LogP contribution in [-0.2, 0) is 10.0 Å². The summed E-state index contributed by atoms with van der Waals surface area (Å²) in [5.74, 6) is 0.427. The van der Waals surface area contributed by atoms with Crippen LogP contribution in [0.15, 0.2) is 38.4 Å². The number of para-hydroxylation sites is 1. The van der Waals surface area contributed by atoms with Crippen molar-refractivity contribution in [3.63, 3.8) is 0 Å². The largest absolute Gasteiger partial charge is 0.490 e. The van der Waals surface area contributed by atoms with Gasteiger partial charge in [0.25, 0.3) is 0 Å². The molecule has 1 aromatic heterocycles. The summed E-state index contributed by atoms with van der Waals surface area (Å²) in [4.78, 5) is 14.0. The van der Waals surface area contributed by atoms with Crippen molar-refractivity contribution < 1.29 is 17.6 Å². The summed E-state index contributed by atoms with van der Waals surface area (Å²) < 4.78 is 37.6. The van der Waals surface area contributed by atoms with E-state index in [9.17, 15) is 13.2 Å². The van der Waals surface area contributed by atoms with Gasteiger partial charge in [-0.1, -0.05) is 12.1 Å². The second-order valence-corrected chi connectivity index (χ2v) is 7.62. The maximum absolute atomic E-state index is 12.8. The lowest BCUT2D eigenvalue weighted by Crippen LogP contribution is -2.47. The van der Waals surface area contributed by atoms with Crippen LogP contribution >= 0.6 is 0 Å². The van der Waals surface area contributed by atoms with E-state index < -0.39 is 15.6 Å². The zero-order valence-corrected chi connectivity index (χ0v) is 14.5. The first kappa shape index (κ1) is 16.9. The Kier molecular flexibility index (Phi) is 4.62. The average molecular weight is 352 g/mol. The Morgan fingerprint density at radius 3 is 2.58 bits per heavy atom. The highest BCUT2D eigenvalue weighted by Crippen LogP contribution is 2.26. The summed E-state index contributed by atoms with van der Waals surface area (Å²) in [6.45, 7) is 4.22. The minimum absolute atomic E-state index is 0.265. The molecule has 0 amide bonds. The fraction of sp³-hybridized carbons (Fsp3) is 0.438. The SMILES string of the molecule is CCOc1cccc2cc(S(=O)(=O)N3CCN(C)CC3)c(=O)oc12. The van der Waals surface area contributed by atoms with Crippen LogP contribution in [-0.4, -0.2) is 57.5 Å². The molecule has 0 spiro atoms. The number of ether oxygens (including phenoxy) is 1. The highest BCUT2D eigenvalue weighted by molar-refractivity contribution is 7.89. The molecule has 2 heterocycles. The third kappa shape index (κ3) is 3.04. The zero-order chi connectivity index (χ0) is 17.3. The van der Waals surface area contributed by atoms with E-state index in [4.69, 9.17) is 9.15 Å². The second-order valence-electron chi connectivity index (χ2n) is 5.71. The van der Waals surface area contributed by atoms with Crippen LogP contribution in [0.25, 0.3) is 11.0 Å². The number of rotatable bonds is 4. The first-order valence-corrected chi connectivity index (χ1v) is 9.26. The summed E-state index contributed by atoms with van der Waals surface area (Å²) in [5.41, 5.74) is -0.602. The summed E-state index contributed by atoms with van der Waals surface area (Å²) >= 11 is 0. The number of fused-ring (bicyclic) bond motifs is 1. The van der Waals surface area contributed by atoms with Crippen LogP contribution in [0.2, 0.25) is 0 Å². The van der Waals surface area contributed by atoms with Crippen LogP contribution in [0.3, 0.4) is 0 Å². The van der Waals surface area contributed by atoms with Gasteiger partial charge in [-0.25, -0.2) is 13.2 Å². The quantitative estimate of drug-likeness (QED) is 0.768. The van der Waals surface area contributed by atoms with Gasteiger partial charge in [-0.3, -0.25) is 0 Å². The molecule has 0 radical (unpaired) electrons. The van der Waals surface area contributed by atoms with Crippen LogP contribution in [0.5, 0.6) is 5.75 Å². The lowest BCUT2D eigenvalue weighted by Gasteiger charge is -2.31. The highest BCUT2D eigenvalue weighted by atomic mass is 32.2. The molecule has 3 rings (SSSR count). The van der Waals surface area contributed by atoms with Crippen LogP contribution in [0, 0.1) is 0 Å². The number of sulfonamides is 1. The molecule has 1 saturated heterocycles. The molecule has 130 valence electrons. The molecule has 0 N–H and O–H groups in total. The van der Waals surface area contributed by atoms with Crippen molar-refractivity contribution in [2.75, 3.05) is 39.8 Å². The van der Waals surface area contributed by atoms with E-state index >= 15 is 0 Å². The Hall–Kier alpha value is -1.90. The van der Waals surface area contributed by atoms with Gasteiger partial charge in [0.05, 0.1) is 6.61 Å². The second kappa shape index (κ2) is 6.54. The van der Waals surface area contributed by atoms with Crippen molar-refractivity contribution in [3.05, 3.63) is 34.7 Å². The zero-order valence-electron chi connectivity index (χ0n) is 13.7. The molecule has 7 nitrogen and oxygen atoms in total. The van der Waals surface area contributed by atoms with Gasteiger partial charge < -0.3 is 14.1 Å². The van der Waals surface area contributed by atoms with Crippen molar-refractivity contribution >= 4 is 21.0 Å². The van der Waals surface area contributed by atoms with Crippen molar-refractivity contribution in [3.8, 4) is 5.75 Å². The Bertz CT molecular complexity index is 898. The Balaban J connectivity index is 2.07. The molecule has 0 saturated carbocycles. The van der Waals surface area contributed by atoms with Gasteiger partial charge in [-0.2, -0.15) is 4.31 Å². The van der Waals surface area contributed by atoms with E-state index in [2.05, 4.69) is 0 Å². The summed E-state index contributed by atoms with van der Waals surface area (Å²) in [6, 6.07) is 6.49. The van der Waals surface area contributed by atoms with Crippen molar-refractivity contribution in [1.29, 1.82) is 0 Å². The van der Waals surface area contributed by atoms with E-state index in [-0.39, 0.29) is 10.5 Å². The van der Waals surface area contributed by atoms with E-state index in [0.29, 0.717) is 43.9 Å². The van der Waals surface area contributed by atoms with E-state index in [1.807, 2.05) is 18.9 Å². The molecule has 24 heavy (non-hydrogen) atoms. The third-order valence-electron chi connectivity index (χ3n) is 4.07. The third-order valence-corrected chi connectivity index (χ3v) is 5.96. The molecule has 1 aliphatic heterocycles. The molecule has 2 aromatic rings. The summed E-state index contributed by atoms with van der Waals surface area (Å²) in [7, 11) is -1.94. The lowest BCUT2D eigenvalue weighted by molar-refractivity contribution is 0.222. The number of nitrogens with zero attached hydrogens (tertiary/aromatic N) is 2. The molecule has 0 aliphatic carbocycles. The first-order chi connectivity index (χ1) is 11.4. The standard InChI is InChI=1S/C16H20N2O5S/c1-3-22-13-6-4-5-12-11-14(16(19)23-15(12)13)24(20,21)18-9-7-17(2)8-10-18/h4-6,11H,3,7-10H2,1-2H3. The van der Waals surface area contributed by atoms with Crippen molar-refractivity contribution in [2.24, 2.45) is 0 Å². The molecule has 8 heteroatoms. The Morgan fingerprint density at radius 2 is 1.92 bits per heavy atom. The van der Waals surface area contributed by atoms with E-state index in [1.165, 1.54) is 10.4 Å². The van der Waals surface area contributed by atoms with Crippen LogP contribution in [0.4, 0.5) is 0 Å². The predicted octanol–water partition coefficient (Wildman–Crippen LogP) is 1.13. The number of likely N-dealkylation sites (N-methyl/N-ethyl adjacent to an activating group) is 1. The van der Waals surface area contributed by atoms with Gasteiger partial charge in [-0.05, 0) is 26.1 Å². The summed E-state index contributed by atoms with van der Waals surface area (Å²) in [6.07, 6.45) is 0. The first-order valence-electron chi connectivity index (χ1n) is 7.82. The normalized spacial score (nSPS) is 17.2. The molecule has 1 fully saturated rings. The van der Waals surface area contributed by atoms with Gasteiger partial charge >= 0.3 is 5.63 Å². The van der Waals surface area contributed by atoms with Gasteiger partial charge in [0.15, 0.2) is 16.2 Å². The molecular formula is C16H20N2O5S. The smallest absolute Gasteiger partial charge is 0.356 e. The lowest BCUT2D eigenvalue weighted by atomic mass is 10.2. The minimum atomic E-state index is -3.87. The van der Waals surface area contributed by atoms with E-state index in [1.54, 1.807) is 18.2 Å².